The molecule has 1 unspecified atom stereocenters. The summed E-state index contributed by atoms with van der Waals surface area (Å²) >= 11 is 0. The largest absolute Gasteiger partial charge is 0.416 e. The van der Waals surface area contributed by atoms with Crippen LogP contribution in [0.2, 0.25) is 0 Å². The zero-order chi connectivity index (χ0) is 28.8. The van der Waals surface area contributed by atoms with Gasteiger partial charge in [0, 0.05) is 40.7 Å². The van der Waals surface area contributed by atoms with Crippen LogP contribution in [0.1, 0.15) is 56.3 Å². The molecule has 0 bridgehead atoms. The van der Waals surface area contributed by atoms with Gasteiger partial charge in [-0.25, -0.2) is 0 Å². The molecule has 1 N–H and O–H groups in total. The maximum Gasteiger partial charge on any atom is 0.416 e. The Bertz CT molecular complexity index is 1250. The van der Waals surface area contributed by atoms with Gasteiger partial charge >= 0.3 is 6.18 Å². The number of carbonyl (C=O) groups is 2. The fourth-order valence-electron chi connectivity index (χ4n) is 5.32. The summed E-state index contributed by atoms with van der Waals surface area (Å²) in [5.74, 6) is -0.0429. The number of nitrogens with one attached hydrogen (secondary N) is 1. The van der Waals surface area contributed by atoms with Gasteiger partial charge in [0.1, 0.15) is 0 Å². The van der Waals surface area contributed by atoms with Gasteiger partial charge in [-0.1, -0.05) is 42.5 Å². The lowest BCUT2D eigenvalue weighted by atomic mass is 9.98. The molecule has 3 aliphatic rings. The highest BCUT2D eigenvalue weighted by molar-refractivity contribution is 14.0. The first kappa shape index (κ1) is 33.3. The Hall–Kier alpha value is -2.23. The molecule has 5 rings (SSSR count). The second-order valence-electron chi connectivity index (χ2n) is 10.3. The fourth-order valence-corrected chi connectivity index (χ4v) is 7.23. The van der Waals surface area contributed by atoms with Gasteiger partial charge in [0.2, 0.25) is 12.3 Å². The Morgan fingerprint density at radius 2 is 1.61 bits per heavy atom. The third-order valence-corrected chi connectivity index (χ3v) is 9.61. The topological polar surface area (TPSA) is 90.0 Å². The lowest BCUT2D eigenvalue weighted by Crippen LogP contribution is -2.55. The fraction of sp³-hybridized carbons (Fsp3) is 0.500. The predicted molar refractivity (Wildman–Crippen MR) is 161 cm³/mol. The second kappa shape index (κ2) is 14.8. The van der Waals surface area contributed by atoms with Crippen molar-refractivity contribution in [3.8, 4) is 0 Å². The van der Waals surface area contributed by atoms with E-state index < -0.39 is 21.9 Å². The lowest BCUT2D eigenvalue weighted by Gasteiger charge is -2.44. The molecule has 2 aromatic carbocycles. The summed E-state index contributed by atoms with van der Waals surface area (Å²) in [6.07, 6.45) is 0.721. The van der Waals surface area contributed by atoms with Crippen LogP contribution in [0.25, 0.3) is 0 Å². The first-order valence-electron chi connectivity index (χ1n) is 13.5. The van der Waals surface area contributed by atoms with E-state index in [2.05, 4.69) is 5.32 Å². The first-order valence-corrected chi connectivity index (χ1v) is 14.9. The molecule has 3 aliphatic heterocycles. The summed E-state index contributed by atoms with van der Waals surface area (Å²) in [6, 6.07) is 14.4. The number of hydrogen-bond acceptors (Lipinski definition) is 4. The van der Waals surface area contributed by atoms with Crippen molar-refractivity contribution in [2.24, 2.45) is 5.92 Å². The van der Waals surface area contributed by atoms with Crippen LogP contribution < -0.4 is 5.32 Å². The molecule has 228 valence electrons. The van der Waals surface area contributed by atoms with Crippen LogP contribution in [0, 0.1) is 5.92 Å². The smallest absolute Gasteiger partial charge is 0.355 e. The minimum absolute atomic E-state index is 0. The number of alkyl halides is 3. The maximum absolute atomic E-state index is 13.2. The van der Waals surface area contributed by atoms with E-state index in [1.54, 1.807) is 8.61 Å². The number of carbonyl (C=O) groups excluding carboxylic acids is 2. The normalized spacial score (nSPS) is 21.6. The molecule has 0 spiro atoms. The maximum atomic E-state index is 13.2. The van der Waals surface area contributed by atoms with Crippen LogP contribution in [0.3, 0.4) is 0 Å². The average molecular weight is 711 g/mol. The predicted octanol–water partition coefficient (Wildman–Crippen LogP) is 4.83. The van der Waals surface area contributed by atoms with Crippen molar-refractivity contribution >= 4 is 46.5 Å². The average Bonchev–Trinajstić information content (AvgIpc) is 3.47. The highest BCUT2D eigenvalue weighted by atomic mass is 127. The first-order chi connectivity index (χ1) is 19.1. The van der Waals surface area contributed by atoms with Crippen molar-refractivity contribution in [3.63, 3.8) is 0 Å². The molecule has 3 fully saturated rings. The number of likely N-dealkylation sites (tertiary alicyclic amines) is 1. The van der Waals surface area contributed by atoms with Crippen LogP contribution in [0.15, 0.2) is 54.6 Å². The zero-order valence-corrected chi connectivity index (χ0v) is 25.8. The molecule has 0 radical (unpaired) electrons. The minimum atomic E-state index is -4.31. The Labute approximate surface area is 257 Å². The molecule has 8 nitrogen and oxygen atoms in total. The third-order valence-electron chi connectivity index (χ3n) is 7.60. The number of halogens is 4. The van der Waals surface area contributed by atoms with Crippen molar-refractivity contribution < 1.29 is 32.6 Å². The Morgan fingerprint density at radius 3 is 2.17 bits per heavy atom. The number of piperidine rings is 1. The van der Waals surface area contributed by atoms with E-state index in [1.165, 1.54) is 12.1 Å². The van der Waals surface area contributed by atoms with Gasteiger partial charge in [0.25, 0.3) is 10.2 Å². The Balaban J connectivity index is 0.000000331. The zero-order valence-electron chi connectivity index (χ0n) is 22.6. The van der Waals surface area contributed by atoms with Crippen LogP contribution in [-0.4, -0.2) is 67.0 Å². The van der Waals surface area contributed by atoms with Gasteiger partial charge in [0.05, 0.1) is 17.5 Å². The van der Waals surface area contributed by atoms with Crippen molar-refractivity contribution in [3.05, 3.63) is 71.3 Å². The van der Waals surface area contributed by atoms with E-state index in [4.69, 9.17) is 0 Å². The number of amides is 2. The summed E-state index contributed by atoms with van der Waals surface area (Å²) in [5, 5.41) is 2.36. The van der Waals surface area contributed by atoms with E-state index >= 15 is 0 Å². The van der Waals surface area contributed by atoms with Gasteiger partial charge in [-0.3, -0.25) is 9.59 Å². The van der Waals surface area contributed by atoms with Gasteiger partial charge in [0.15, 0.2) is 0 Å². The molecule has 41 heavy (non-hydrogen) atoms. The molecule has 2 aromatic rings. The number of hydrogen-bond donors (Lipinski definition) is 1. The SMILES string of the molecule is I.O=C([C@H]1CCCN(S(=O)(=O)N2CCC2c2ccccc2)C1)N1CCCC1.O=CNCc1ccc(C(F)(F)F)cc1.[HH]. The third kappa shape index (κ3) is 8.42. The molecular formula is C28H38F3IN4O4S. The lowest BCUT2D eigenvalue weighted by molar-refractivity contribution is -0.137. The second-order valence-corrected chi connectivity index (χ2v) is 12.1. The van der Waals surface area contributed by atoms with Gasteiger partial charge in [-0.05, 0) is 55.4 Å². The number of rotatable bonds is 7. The summed E-state index contributed by atoms with van der Waals surface area (Å²) in [4.78, 5) is 24.5. The highest BCUT2D eigenvalue weighted by Crippen LogP contribution is 2.38. The van der Waals surface area contributed by atoms with Crippen LogP contribution in [0.5, 0.6) is 0 Å². The van der Waals surface area contributed by atoms with Crippen LogP contribution >= 0.6 is 24.0 Å². The number of nitrogens with zero attached hydrogens (tertiary/aromatic N) is 3. The summed E-state index contributed by atoms with van der Waals surface area (Å²) < 4.78 is 65.8. The monoisotopic (exact) mass is 710 g/mol. The highest BCUT2D eigenvalue weighted by Gasteiger charge is 2.44. The number of benzene rings is 2. The molecule has 0 aromatic heterocycles. The van der Waals surface area contributed by atoms with Crippen molar-refractivity contribution in [1.29, 1.82) is 0 Å². The summed E-state index contributed by atoms with van der Waals surface area (Å²) in [7, 11) is -3.52. The van der Waals surface area contributed by atoms with E-state index in [-0.39, 0.29) is 49.8 Å². The molecule has 2 atom stereocenters. The molecule has 0 aliphatic carbocycles. The van der Waals surface area contributed by atoms with Gasteiger partial charge in [-0.2, -0.15) is 30.2 Å². The van der Waals surface area contributed by atoms with Crippen molar-refractivity contribution in [2.45, 2.75) is 50.9 Å². The molecule has 0 saturated carbocycles. The van der Waals surface area contributed by atoms with Gasteiger partial charge in [-0.15, -0.1) is 24.0 Å². The van der Waals surface area contributed by atoms with E-state index in [0.29, 0.717) is 31.6 Å². The molecule has 13 heteroatoms. The van der Waals surface area contributed by atoms with E-state index in [0.717, 1.165) is 62.9 Å². The molecule has 3 heterocycles. The molecular weight excluding hydrogens is 672 g/mol. The summed E-state index contributed by atoms with van der Waals surface area (Å²) in [5.41, 5.74) is 0.987. The summed E-state index contributed by atoms with van der Waals surface area (Å²) in [6.45, 7) is 3.29. The molecule has 3 saturated heterocycles. The quantitative estimate of drug-likeness (QED) is 0.330. The van der Waals surface area contributed by atoms with Crippen molar-refractivity contribution in [2.75, 3.05) is 32.7 Å². The Kier molecular flexibility index (Phi) is 12.0. The van der Waals surface area contributed by atoms with Crippen molar-refractivity contribution in [1.82, 2.24) is 18.8 Å². The van der Waals surface area contributed by atoms with Crippen LogP contribution in [-0.2, 0) is 32.5 Å². The van der Waals surface area contributed by atoms with Crippen LogP contribution in [0.4, 0.5) is 13.2 Å². The Morgan fingerprint density at radius 1 is 0.951 bits per heavy atom. The van der Waals surface area contributed by atoms with Gasteiger partial charge < -0.3 is 10.2 Å². The molecule has 2 amide bonds. The standard InChI is InChI=1S/C19H27N3O3S.C9H8F3NO.HI.H2/c23-19(20-11-4-5-12-20)17-9-6-13-21(15-17)26(24,25)22-14-10-18(22)16-7-2-1-3-8-16;10-9(11,12)8-3-1-7(2-4-8)5-13-6-14;;/h1-3,7-8,17-18H,4-6,9-15H2;1-4,6H,5H2,(H,13,14);2*1H/t17-,18?;;;/m0.../s1. The van der Waals surface area contributed by atoms with E-state index in [9.17, 15) is 31.2 Å². The minimum Gasteiger partial charge on any atom is -0.355 e. The van der Waals surface area contributed by atoms with E-state index in [1.807, 2.05) is 35.2 Å².